The van der Waals surface area contributed by atoms with Crippen LogP contribution in [-0.4, -0.2) is 47.1 Å². The van der Waals surface area contributed by atoms with Crippen molar-refractivity contribution in [2.45, 2.75) is 19.9 Å². The Morgan fingerprint density at radius 2 is 1.72 bits per heavy atom. The van der Waals surface area contributed by atoms with Crippen molar-refractivity contribution < 1.29 is 4.92 Å². The largest absolute Gasteiger partial charge is 0.368 e. The normalized spacial score (nSPS) is 14.7. The van der Waals surface area contributed by atoms with Crippen LogP contribution >= 0.6 is 0 Å². The van der Waals surface area contributed by atoms with Crippen molar-refractivity contribution in [3.8, 4) is 0 Å². The molecule has 0 amide bonds. The number of rotatable bonds is 5. The highest BCUT2D eigenvalue weighted by Gasteiger charge is 2.29. The van der Waals surface area contributed by atoms with Crippen molar-refractivity contribution in [3.63, 3.8) is 0 Å². The van der Waals surface area contributed by atoms with Gasteiger partial charge in [0.2, 0.25) is 11.6 Å². The highest BCUT2D eigenvalue weighted by molar-refractivity contribution is 5.70. The Morgan fingerprint density at radius 3 is 2.32 bits per heavy atom. The molecule has 0 atom stereocenters. The Hall–Kier alpha value is -2.90. The fraction of sp³-hybridized carbons (Fsp3) is 0.412. The van der Waals surface area contributed by atoms with Crippen LogP contribution in [0.2, 0.25) is 0 Å². The Bertz CT molecular complexity index is 729. The zero-order chi connectivity index (χ0) is 17.8. The summed E-state index contributed by atoms with van der Waals surface area (Å²) in [5, 5.41) is 14.6. The van der Waals surface area contributed by atoms with Crippen LogP contribution < -0.4 is 15.1 Å². The molecular weight excluding hydrogens is 320 g/mol. The maximum absolute atomic E-state index is 11.6. The molecule has 1 aromatic carbocycles. The smallest absolute Gasteiger partial charge is 0.353 e. The summed E-state index contributed by atoms with van der Waals surface area (Å²) >= 11 is 0. The molecule has 2 heterocycles. The summed E-state index contributed by atoms with van der Waals surface area (Å²) in [5.41, 5.74) is 1.12. The highest BCUT2D eigenvalue weighted by Crippen LogP contribution is 2.33. The third-order valence-corrected chi connectivity index (χ3v) is 4.11. The van der Waals surface area contributed by atoms with Crippen LogP contribution in [-0.2, 0) is 0 Å². The lowest BCUT2D eigenvalue weighted by molar-refractivity contribution is -0.383. The molecule has 0 unspecified atom stereocenters. The molecule has 1 aliphatic heterocycles. The van der Waals surface area contributed by atoms with Gasteiger partial charge >= 0.3 is 5.69 Å². The average Bonchev–Trinajstić information content (AvgIpc) is 2.62. The zero-order valence-electron chi connectivity index (χ0n) is 14.4. The monoisotopic (exact) mass is 342 g/mol. The van der Waals surface area contributed by atoms with Crippen LogP contribution in [0.25, 0.3) is 0 Å². The lowest BCUT2D eigenvalue weighted by Crippen LogP contribution is -2.47. The molecule has 1 aliphatic rings. The van der Waals surface area contributed by atoms with E-state index in [9.17, 15) is 10.1 Å². The SMILES string of the molecule is CC(C)Nc1ncnc(N2CCN(c3ccccc3)CC2)c1[N+](=O)[O-]. The van der Waals surface area contributed by atoms with Gasteiger partial charge in [-0.05, 0) is 26.0 Å². The van der Waals surface area contributed by atoms with Gasteiger partial charge in [0.1, 0.15) is 6.33 Å². The predicted molar refractivity (Wildman–Crippen MR) is 98.3 cm³/mol. The minimum atomic E-state index is -0.399. The van der Waals surface area contributed by atoms with Crippen LogP contribution in [0.5, 0.6) is 0 Å². The van der Waals surface area contributed by atoms with E-state index in [0.717, 1.165) is 13.1 Å². The Labute approximate surface area is 146 Å². The number of hydrogen-bond acceptors (Lipinski definition) is 7. The fourth-order valence-corrected chi connectivity index (χ4v) is 2.96. The second-order valence-electron chi connectivity index (χ2n) is 6.26. The summed E-state index contributed by atoms with van der Waals surface area (Å²) in [5.74, 6) is 0.659. The molecule has 0 aliphatic carbocycles. The Balaban J connectivity index is 1.80. The van der Waals surface area contributed by atoms with Gasteiger partial charge in [-0.3, -0.25) is 10.1 Å². The molecule has 0 bridgehead atoms. The lowest BCUT2D eigenvalue weighted by atomic mass is 10.2. The van der Waals surface area contributed by atoms with Gasteiger partial charge in [-0.25, -0.2) is 9.97 Å². The molecule has 1 fully saturated rings. The molecule has 0 radical (unpaired) electrons. The number of aromatic nitrogens is 2. The van der Waals surface area contributed by atoms with Crippen molar-refractivity contribution >= 4 is 23.0 Å². The number of anilines is 3. The summed E-state index contributed by atoms with van der Waals surface area (Å²) in [4.78, 5) is 23.7. The maximum atomic E-state index is 11.6. The van der Waals surface area contributed by atoms with E-state index in [1.165, 1.54) is 12.0 Å². The van der Waals surface area contributed by atoms with Crippen molar-refractivity contribution in [3.05, 3.63) is 46.8 Å². The van der Waals surface area contributed by atoms with Gasteiger partial charge < -0.3 is 15.1 Å². The molecule has 0 saturated carbocycles. The van der Waals surface area contributed by atoms with Crippen LogP contribution in [0.3, 0.4) is 0 Å². The van der Waals surface area contributed by atoms with E-state index in [-0.39, 0.29) is 17.5 Å². The molecular formula is C17H22N6O2. The summed E-state index contributed by atoms with van der Waals surface area (Å²) in [6.45, 7) is 6.77. The van der Waals surface area contributed by atoms with Crippen molar-refractivity contribution in [1.29, 1.82) is 0 Å². The number of hydrogen-bond donors (Lipinski definition) is 1. The minimum absolute atomic E-state index is 0.0515. The third-order valence-electron chi connectivity index (χ3n) is 4.11. The number of para-hydroxylation sites is 1. The first kappa shape index (κ1) is 16.9. The van der Waals surface area contributed by atoms with E-state index >= 15 is 0 Å². The van der Waals surface area contributed by atoms with Crippen molar-refractivity contribution in [2.24, 2.45) is 0 Å². The first-order valence-electron chi connectivity index (χ1n) is 8.37. The number of nitrogens with zero attached hydrogens (tertiary/aromatic N) is 5. The molecule has 1 aromatic heterocycles. The molecule has 1 saturated heterocycles. The standard InChI is InChI=1S/C17H22N6O2/c1-13(2)20-16-15(23(24)25)17(19-12-18-16)22-10-8-21(9-11-22)14-6-4-3-5-7-14/h3-7,12-13H,8-11H2,1-2H3,(H,18,19,20). The van der Waals surface area contributed by atoms with Crippen LogP contribution in [0, 0.1) is 10.1 Å². The van der Waals surface area contributed by atoms with Crippen molar-refractivity contribution in [2.75, 3.05) is 41.3 Å². The van der Waals surface area contributed by atoms with Crippen LogP contribution in [0.1, 0.15) is 13.8 Å². The number of nitrogens with one attached hydrogen (secondary N) is 1. The van der Waals surface area contributed by atoms with E-state index < -0.39 is 4.92 Å². The molecule has 1 N–H and O–H groups in total. The number of nitro groups is 1. The lowest BCUT2D eigenvalue weighted by Gasteiger charge is -2.36. The molecule has 8 heteroatoms. The topological polar surface area (TPSA) is 87.4 Å². The van der Waals surface area contributed by atoms with E-state index in [4.69, 9.17) is 0 Å². The van der Waals surface area contributed by atoms with Gasteiger partial charge in [0.25, 0.3) is 0 Å². The van der Waals surface area contributed by atoms with Gasteiger partial charge in [0, 0.05) is 37.9 Å². The molecule has 3 rings (SSSR count). The first-order valence-corrected chi connectivity index (χ1v) is 8.37. The fourth-order valence-electron chi connectivity index (χ4n) is 2.96. The quantitative estimate of drug-likeness (QED) is 0.660. The maximum Gasteiger partial charge on any atom is 0.353 e. The molecule has 2 aromatic rings. The number of benzene rings is 1. The molecule has 8 nitrogen and oxygen atoms in total. The van der Waals surface area contributed by atoms with E-state index in [1.54, 1.807) is 0 Å². The van der Waals surface area contributed by atoms with Crippen molar-refractivity contribution in [1.82, 2.24) is 9.97 Å². The van der Waals surface area contributed by atoms with Gasteiger partial charge in [-0.15, -0.1) is 0 Å². The number of piperazine rings is 1. The zero-order valence-corrected chi connectivity index (χ0v) is 14.4. The summed E-state index contributed by atoms with van der Waals surface area (Å²) in [6, 6.07) is 10.2. The summed E-state index contributed by atoms with van der Waals surface area (Å²) in [7, 11) is 0. The second kappa shape index (κ2) is 7.33. The van der Waals surface area contributed by atoms with Crippen LogP contribution in [0.4, 0.5) is 23.0 Å². The third kappa shape index (κ3) is 3.78. The summed E-state index contributed by atoms with van der Waals surface area (Å²) in [6.07, 6.45) is 1.39. The predicted octanol–water partition coefficient (Wildman–Crippen LogP) is 2.53. The van der Waals surface area contributed by atoms with Gasteiger partial charge in [0.15, 0.2) is 0 Å². The van der Waals surface area contributed by atoms with Gasteiger partial charge in [-0.1, -0.05) is 18.2 Å². The summed E-state index contributed by atoms with van der Waals surface area (Å²) < 4.78 is 0. The molecule has 25 heavy (non-hydrogen) atoms. The van der Waals surface area contributed by atoms with Gasteiger partial charge in [-0.2, -0.15) is 0 Å². The Kier molecular flexibility index (Phi) is 4.97. The van der Waals surface area contributed by atoms with Gasteiger partial charge in [0.05, 0.1) is 4.92 Å². The first-order chi connectivity index (χ1) is 12.1. The molecule has 0 spiro atoms. The van der Waals surface area contributed by atoms with Crippen LogP contribution in [0.15, 0.2) is 36.7 Å². The van der Waals surface area contributed by atoms with E-state index in [0.29, 0.717) is 18.9 Å². The Morgan fingerprint density at radius 1 is 1.08 bits per heavy atom. The second-order valence-corrected chi connectivity index (χ2v) is 6.26. The van der Waals surface area contributed by atoms with E-state index in [2.05, 4.69) is 32.3 Å². The average molecular weight is 342 g/mol. The van der Waals surface area contributed by atoms with E-state index in [1.807, 2.05) is 36.9 Å². The highest BCUT2D eigenvalue weighted by atomic mass is 16.6. The molecule has 132 valence electrons. The minimum Gasteiger partial charge on any atom is -0.368 e.